The van der Waals surface area contributed by atoms with Crippen LogP contribution in [0, 0.1) is 0 Å². The van der Waals surface area contributed by atoms with Crippen molar-refractivity contribution in [3.05, 3.63) is 11.6 Å². The Morgan fingerprint density at radius 2 is 1.42 bits per heavy atom. The number of allylic oxidation sites excluding steroid dienone is 1. The molecule has 0 bridgehead atoms. The predicted molar refractivity (Wildman–Crippen MR) is 117 cm³/mol. The third-order valence-corrected chi connectivity index (χ3v) is 5.51. The highest BCUT2D eigenvalue weighted by molar-refractivity contribution is 9.09. The number of unbranched alkanes of at least 4 members (excludes halogenated alkanes) is 10. The second kappa shape index (κ2) is 18.0. The molecule has 0 aliphatic heterocycles. The minimum Gasteiger partial charge on any atom is -0.478 e. The number of carboxylic acids is 1. The van der Waals surface area contributed by atoms with Crippen molar-refractivity contribution in [2.24, 2.45) is 0 Å². The summed E-state index contributed by atoms with van der Waals surface area (Å²) in [7, 11) is 4.04. The number of halogens is 1. The molecule has 1 unspecified atom stereocenters. The smallest absolute Gasteiger partial charge is 0.331 e. The molecule has 0 radical (unpaired) electrons. The number of aliphatic carboxylic acids is 1. The fourth-order valence-corrected chi connectivity index (χ4v) is 3.80. The molecule has 4 heteroatoms. The van der Waals surface area contributed by atoms with Crippen LogP contribution in [0.2, 0.25) is 0 Å². The first-order valence-electron chi connectivity index (χ1n) is 10.7. The normalized spacial score (nSPS) is 13.3. The number of carboxylic acid groups (broad SMARTS) is 1. The molecule has 0 aromatic rings. The molecule has 3 nitrogen and oxygen atoms in total. The average molecular weight is 432 g/mol. The van der Waals surface area contributed by atoms with E-state index in [0.29, 0.717) is 12.0 Å². The Hall–Kier alpha value is -0.350. The molecule has 154 valence electrons. The summed E-state index contributed by atoms with van der Waals surface area (Å²) in [5.74, 6) is -0.771. The third kappa shape index (κ3) is 17.1. The molecule has 26 heavy (non-hydrogen) atoms. The van der Waals surface area contributed by atoms with E-state index in [4.69, 9.17) is 0 Å². The molecular formula is C22H42BrNO2. The molecule has 0 fully saturated rings. The van der Waals surface area contributed by atoms with Gasteiger partial charge in [0.15, 0.2) is 0 Å². The fourth-order valence-electron chi connectivity index (χ4n) is 3.15. The maximum Gasteiger partial charge on any atom is 0.331 e. The lowest BCUT2D eigenvalue weighted by molar-refractivity contribution is -0.132. The zero-order valence-electron chi connectivity index (χ0n) is 17.4. The molecule has 1 N–H and O–H groups in total. The van der Waals surface area contributed by atoms with Gasteiger partial charge in [0.2, 0.25) is 0 Å². The number of rotatable bonds is 18. The number of nitrogens with zero attached hydrogens (tertiary/aromatic N) is 1. The molecule has 0 aromatic heterocycles. The van der Waals surface area contributed by atoms with Gasteiger partial charge in [0.1, 0.15) is 0 Å². The maximum atomic E-state index is 11.4. The maximum absolute atomic E-state index is 11.4. The summed E-state index contributed by atoms with van der Waals surface area (Å²) in [6.45, 7) is 3.19. The van der Waals surface area contributed by atoms with E-state index in [1.807, 2.05) is 20.2 Å². The first kappa shape index (κ1) is 25.6. The van der Waals surface area contributed by atoms with Crippen LogP contribution in [0.3, 0.4) is 0 Å². The summed E-state index contributed by atoms with van der Waals surface area (Å²) in [6.07, 6.45) is 19.3. The van der Waals surface area contributed by atoms with E-state index < -0.39 is 5.97 Å². The number of carbonyl (C=O) groups is 1. The molecule has 0 amide bonds. The van der Waals surface area contributed by atoms with Gasteiger partial charge in [-0.1, -0.05) is 99.6 Å². The van der Waals surface area contributed by atoms with Gasteiger partial charge < -0.3 is 10.0 Å². The molecule has 0 aromatic carbocycles. The lowest BCUT2D eigenvalue weighted by Crippen LogP contribution is -2.14. The standard InChI is InChI=1S/C22H42BrNO2/c1-4-5-6-7-8-9-10-11-12-13-14-17-21(23)19-20(22(25)26)16-15-18-24(2)3/h19,21H,4-18H2,1-3H3,(H,25,26). The predicted octanol–water partition coefficient (Wildman–Crippen LogP) is 6.80. The van der Waals surface area contributed by atoms with Crippen molar-refractivity contribution in [3.8, 4) is 0 Å². The minimum atomic E-state index is -0.771. The van der Waals surface area contributed by atoms with Crippen molar-refractivity contribution in [2.75, 3.05) is 20.6 Å². The molecule has 0 heterocycles. The molecule has 0 aliphatic carbocycles. The SMILES string of the molecule is CCCCCCCCCCCCCC(Br)C=C(CCCN(C)C)C(=O)O. The summed E-state index contributed by atoms with van der Waals surface area (Å²) < 4.78 is 0. The Labute approximate surface area is 170 Å². The van der Waals surface area contributed by atoms with E-state index in [9.17, 15) is 9.90 Å². The topological polar surface area (TPSA) is 40.5 Å². The summed E-state index contributed by atoms with van der Waals surface area (Å²) in [5, 5.41) is 9.34. The van der Waals surface area contributed by atoms with Gasteiger partial charge in [-0.05, 0) is 39.9 Å². The molecule has 0 saturated carbocycles. The zero-order valence-corrected chi connectivity index (χ0v) is 19.0. The summed E-state index contributed by atoms with van der Waals surface area (Å²) in [4.78, 5) is 13.6. The molecule has 0 spiro atoms. The van der Waals surface area contributed by atoms with Gasteiger partial charge in [-0.15, -0.1) is 0 Å². The van der Waals surface area contributed by atoms with E-state index in [-0.39, 0.29) is 4.83 Å². The first-order valence-corrected chi connectivity index (χ1v) is 11.6. The van der Waals surface area contributed by atoms with Crippen LogP contribution in [0.4, 0.5) is 0 Å². The molecular weight excluding hydrogens is 390 g/mol. The van der Waals surface area contributed by atoms with E-state index in [1.54, 1.807) is 0 Å². The first-order chi connectivity index (χ1) is 12.5. The van der Waals surface area contributed by atoms with Gasteiger partial charge in [-0.25, -0.2) is 4.79 Å². The highest BCUT2D eigenvalue weighted by Gasteiger charge is 2.10. The van der Waals surface area contributed by atoms with Crippen LogP contribution in [0.25, 0.3) is 0 Å². The van der Waals surface area contributed by atoms with Crippen molar-refractivity contribution in [2.45, 2.75) is 102 Å². The summed E-state index contributed by atoms with van der Waals surface area (Å²) in [5.41, 5.74) is 0.553. The summed E-state index contributed by atoms with van der Waals surface area (Å²) in [6, 6.07) is 0. The van der Waals surface area contributed by atoms with Gasteiger partial charge in [-0.3, -0.25) is 0 Å². The lowest BCUT2D eigenvalue weighted by atomic mass is 10.0. The van der Waals surface area contributed by atoms with Crippen LogP contribution in [0.5, 0.6) is 0 Å². The van der Waals surface area contributed by atoms with Crippen LogP contribution < -0.4 is 0 Å². The zero-order chi connectivity index (χ0) is 19.6. The highest BCUT2D eigenvalue weighted by atomic mass is 79.9. The van der Waals surface area contributed by atoms with Crippen molar-refractivity contribution >= 4 is 21.9 Å². The van der Waals surface area contributed by atoms with Crippen molar-refractivity contribution in [3.63, 3.8) is 0 Å². The van der Waals surface area contributed by atoms with Gasteiger partial charge in [0, 0.05) is 10.4 Å². The highest BCUT2D eigenvalue weighted by Crippen LogP contribution is 2.18. The van der Waals surface area contributed by atoms with E-state index >= 15 is 0 Å². The Kier molecular flexibility index (Phi) is 17.8. The number of hydrogen-bond acceptors (Lipinski definition) is 2. The Morgan fingerprint density at radius 3 is 1.88 bits per heavy atom. The van der Waals surface area contributed by atoms with Gasteiger partial charge in [0.05, 0.1) is 0 Å². The molecule has 0 aliphatic rings. The lowest BCUT2D eigenvalue weighted by Gasteiger charge is -2.11. The summed E-state index contributed by atoms with van der Waals surface area (Å²) >= 11 is 3.64. The van der Waals surface area contributed by atoms with Crippen molar-refractivity contribution in [1.82, 2.24) is 4.90 Å². The second-order valence-corrected chi connectivity index (χ2v) is 8.92. The third-order valence-electron chi connectivity index (χ3n) is 4.79. The van der Waals surface area contributed by atoms with Crippen LogP contribution in [0.15, 0.2) is 11.6 Å². The van der Waals surface area contributed by atoms with Crippen LogP contribution in [0.1, 0.15) is 96.8 Å². The Bertz CT molecular complexity index is 369. The Morgan fingerprint density at radius 1 is 0.923 bits per heavy atom. The quantitative estimate of drug-likeness (QED) is 0.147. The molecule has 0 saturated heterocycles. The van der Waals surface area contributed by atoms with Gasteiger partial charge >= 0.3 is 5.97 Å². The van der Waals surface area contributed by atoms with Gasteiger partial charge in [0.25, 0.3) is 0 Å². The monoisotopic (exact) mass is 431 g/mol. The van der Waals surface area contributed by atoms with Crippen molar-refractivity contribution in [1.29, 1.82) is 0 Å². The second-order valence-electron chi connectivity index (χ2n) is 7.74. The van der Waals surface area contributed by atoms with Gasteiger partial charge in [-0.2, -0.15) is 0 Å². The minimum absolute atomic E-state index is 0.187. The van der Waals surface area contributed by atoms with E-state index in [0.717, 1.165) is 19.4 Å². The Balaban J connectivity index is 3.72. The van der Waals surface area contributed by atoms with Crippen LogP contribution >= 0.6 is 15.9 Å². The molecule has 0 rings (SSSR count). The van der Waals surface area contributed by atoms with Crippen LogP contribution in [-0.4, -0.2) is 41.4 Å². The van der Waals surface area contributed by atoms with E-state index in [1.165, 1.54) is 70.6 Å². The average Bonchev–Trinajstić information content (AvgIpc) is 2.58. The molecule has 1 atom stereocenters. The van der Waals surface area contributed by atoms with E-state index in [2.05, 4.69) is 27.8 Å². The fraction of sp³-hybridized carbons (Fsp3) is 0.864. The number of hydrogen-bond donors (Lipinski definition) is 1. The number of alkyl halides is 1. The largest absolute Gasteiger partial charge is 0.478 e. The van der Waals surface area contributed by atoms with Crippen LogP contribution in [-0.2, 0) is 4.79 Å². The van der Waals surface area contributed by atoms with Crippen molar-refractivity contribution < 1.29 is 9.90 Å².